The molecule has 8 nitrogen and oxygen atoms in total. The van der Waals surface area contributed by atoms with Crippen molar-refractivity contribution in [2.75, 3.05) is 7.11 Å². The van der Waals surface area contributed by atoms with Gasteiger partial charge in [-0.25, -0.2) is 0 Å². The van der Waals surface area contributed by atoms with Gasteiger partial charge in [0.25, 0.3) is 0 Å². The highest BCUT2D eigenvalue weighted by Crippen LogP contribution is 2.46. The van der Waals surface area contributed by atoms with E-state index in [1.54, 1.807) is 75.4 Å². The molecule has 0 amide bonds. The van der Waals surface area contributed by atoms with Gasteiger partial charge in [-0.15, -0.1) is 0 Å². The van der Waals surface area contributed by atoms with Crippen LogP contribution in [0.1, 0.15) is 47.8 Å². The van der Waals surface area contributed by atoms with Gasteiger partial charge in [-0.1, -0.05) is 72.8 Å². The standard InChI is InChI=1S/C30H30O8/c1-17-11-5-8-14-20(17)23(31)24(32)27-29(35,25(33)21-15-9-6-12-18(21)2)30(36,28(37-4)38-27)26(34)22-16-10-7-13-19(22)3/h5-16,24,27-28,32,35-36H,1-4H3/t24?,27-,28?,29-,30-/m0/s1. The van der Waals surface area contributed by atoms with Crippen molar-refractivity contribution in [2.45, 2.75) is 50.5 Å². The van der Waals surface area contributed by atoms with Crippen LogP contribution in [0.3, 0.4) is 0 Å². The summed E-state index contributed by atoms with van der Waals surface area (Å²) in [4.78, 5) is 41.5. The molecule has 0 saturated carbocycles. The number of benzene rings is 3. The molecule has 5 atom stereocenters. The lowest BCUT2D eigenvalue weighted by Crippen LogP contribution is -2.69. The van der Waals surface area contributed by atoms with Crippen LogP contribution < -0.4 is 0 Å². The van der Waals surface area contributed by atoms with Crippen molar-refractivity contribution in [2.24, 2.45) is 0 Å². The zero-order valence-corrected chi connectivity index (χ0v) is 21.5. The van der Waals surface area contributed by atoms with Gasteiger partial charge >= 0.3 is 0 Å². The average Bonchev–Trinajstić information content (AvgIpc) is 3.16. The summed E-state index contributed by atoms with van der Waals surface area (Å²) in [5.74, 6) is -3.00. The van der Waals surface area contributed by atoms with Gasteiger partial charge in [-0.05, 0) is 37.5 Å². The van der Waals surface area contributed by atoms with Crippen molar-refractivity contribution in [3.05, 3.63) is 106 Å². The van der Waals surface area contributed by atoms with Crippen LogP contribution in [0.5, 0.6) is 0 Å². The summed E-state index contributed by atoms with van der Waals surface area (Å²) in [6.45, 7) is 4.91. The number of aliphatic hydroxyl groups is 3. The molecule has 1 heterocycles. The summed E-state index contributed by atoms with van der Waals surface area (Å²) in [5, 5.41) is 35.6. The van der Waals surface area contributed by atoms with E-state index in [1.165, 1.54) is 18.2 Å². The maximum atomic E-state index is 14.1. The summed E-state index contributed by atoms with van der Waals surface area (Å²) in [7, 11) is 1.12. The Labute approximate surface area is 220 Å². The number of ketones is 3. The third kappa shape index (κ3) is 4.11. The van der Waals surface area contributed by atoms with E-state index in [1.807, 2.05) is 0 Å². The summed E-state index contributed by atoms with van der Waals surface area (Å²) in [6.07, 6.45) is -6.08. The van der Waals surface area contributed by atoms with Gasteiger partial charge in [-0.2, -0.15) is 0 Å². The summed E-state index contributed by atoms with van der Waals surface area (Å²) in [5.41, 5.74) is -4.57. The summed E-state index contributed by atoms with van der Waals surface area (Å²) in [6, 6.07) is 19.0. The molecule has 0 spiro atoms. The number of carbonyl (C=O) groups is 3. The Kier molecular flexibility index (Phi) is 7.47. The molecular weight excluding hydrogens is 488 g/mol. The van der Waals surface area contributed by atoms with Gasteiger partial charge in [0.1, 0.15) is 12.2 Å². The van der Waals surface area contributed by atoms with Crippen LogP contribution in [0.2, 0.25) is 0 Å². The maximum Gasteiger partial charge on any atom is 0.218 e. The Morgan fingerprint density at radius 1 is 0.737 bits per heavy atom. The molecule has 2 unspecified atom stereocenters. The Hall–Kier alpha value is -3.53. The van der Waals surface area contributed by atoms with Crippen molar-refractivity contribution in [1.29, 1.82) is 0 Å². The van der Waals surface area contributed by atoms with E-state index in [4.69, 9.17) is 9.47 Å². The molecule has 4 rings (SSSR count). The Bertz CT molecular complexity index is 1400. The molecule has 0 aliphatic carbocycles. The molecule has 3 aromatic carbocycles. The van der Waals surface area contributed by atoms with E-state index in [-0.39, 0.29) is 16.7 Å². The minimum absolute atomic E-state index is 0.0111. The Balaban J connectivity index is 1.94. The number of hydrogen-bond acceptors (Lipinski definition) is 8. The van der Waals surface area contributed by atoms with Gasteiger partial charge in [-0.3, -0.25) is 14.4 Å². The van der Waals surface area contributed by atoms with Gasteiger partial charge < -0.3 is 24.8 Å². The van der Waals surface area contributed by atoms with Crippen molar-refractivity contribution in [3.8, 4) is 0 Å². The molecule has 0 aromatic heterocycles. The molecule has 3 aromatic rings. The predicted molar refractivity (Wildman–Crippen MR) is 138 cm³/mol. The third-order valence-electron chi connectivity index (χ3n) is 7.26. The third-order valence-corrected chi connectivity index (χ3v) is 7.26. The molecular formula is C30H30O8. The number of aryl methyl sites for hydroxylation is 3. The highest BCUT2D eigenvalue weighted by molar-refractivity contribution is 6.15. The quantitative estimate of drug-likeness (QED) is 0.388. The van der Waals surface area contributed by atoms with Crippen LogP contribution in [0, 0.1) is 20.8 Å². The average molecular weight is 519 g/mol. The van der Waals surface area contributed by atoms with Crippen molar-refractivity contribution < 1.29 is 39.2 Å². The Morgan fingerprint density at radius 3 is 1.55 bits per heavy atom. The summed E-state index contributed by atoms with van der Waals surface area (Å²) < 4.78 is 11.0. The monoisotopic (exact) mass is 518 g/mol. The van der Waals surface area contributed by atoms with E-state index in [0.717, 1.165) is 7.11 Å². The number of ether oxygens (including phenoxy) is 2. The fourth-order valence-corrected chi connectivity index (χ4v) is 5.05. The number of carbonyl (C=O) groups excluding carboxylic acids is 3. The van der Waals surface area contributed by atoms with Gasteiger partial charge in [0.15, 0.2) is 17.7 Å². The number of aliphatic hydroxyl groups excluding tert-OH is 1. The minimum atomic E-state index is -3.11. The number of Topliss-reactive ketones (excluding diaryl/α,β-unsaturated/α-hetero) is 3. The SMILES string of the molecule is COC1O[C@@H](C(O)C(=O)c2ccccc2C)[C@@](O)(C(=O)c2ccccc2C)[C@]1(O)C(=O)c1ccccc1C. The van der Waals surface area contributed by atoms with Crippen LogP contribution >= 0.6 is 0 Å². The molecule has 198 valence electrons. The number of rotatable bonds is 8. The van der Waals surface area contributed by atoms with E-state index in [2.05, 4.69) is 0 Å². The second-order valence-corrected chi connectivity index (χ2v) is 9.57. The van der Waals surface area contributed by atoms with Crippen molar-refractivity contribution in [3.63, 3.8) is 0 Å². The van der Waals surface area contributed by atoms with E-state index < -0.39 is 47.0 Å². The molecule has 1 aliphatic rings. The van der Waals surface area contributed by atoms with Crippen LogP contribution in [-0.2, 0) is 9.47 Å². The summed E-state index contributed by atoms with van der Waals surface area (Å²) >= 11 is 0. The first kappa shape index (κ1) is 27.5. The minimum Gasteiger partial charge on any atom is -0.382 e. The van der Waals surface area contributed by atoms with E-state index >= 15 is 0 Å². The first-order chi connectivity index (χ1) is 18.0. The lowest BCUT2D eigenvalue weighted by Gasteiger charge is -2.39. The van der Waals surface area contributed by atoms with Crippen LogP contribution in [0.15, 0.2) is 72.8 Å². The highest BCUT2D eigenvalue weighted by Gasteiger charge is 2.75. The maximum absolute atomic E-state index is 14.1. The van der Waals surface area contributed by atoms with E-state index in [0.29, 0.717) is 16.7 Å². The first-order valence-electron chi connectivity index (χ1n) is 12.1. The van der Waals surface area contributed by atoms with Crippen molar-refractivity contribution in [1.82, 2.24) is 0 Å². The molecule has 8 heteroatoms. The number of hydrogen-bond donors (Lipinski definition) is 3. The van der Waals surface area contributed by atoms with E-state index in [9.17, 15) is 29.7 Å². The highest BCUT2D eigenvalue weighted by atomic mass is 16.7. The fourth-order valence-electron chi connectivity index (χ4n) is 5.05. The molecule has 1 saturated heterocycles. The van der Waals surface area contributed by atoms with Gasteiger partial charge in [0, 0.05) is 23.8 Å². The van der Waals surface area contributed by atoms with Crippen LogP contribution in [0.25, 0.3) is 0 Å². The lowest BCUT2D eigenvalue weighted by atomic mass is 9.69. The van der Waals surface area contributed by atoms with Gasteiger partial charge in [0.05, 0.1) is 0 Å². The zero-order valence-electron chi connectivity index (χ0n) is 21.5. The second kappa shape index (κ2) is 10.3. The fraction of sp³-hybridized carbons (Fsp3) is 0.300. The molecule has 1 aliphatic heterocycles. The van der Waals surface area contributed by atoms with Crippen LogP contribution in [-0.4, -0.2) is 69.5 Å². The predicted octanol–water partition coefficient (Wildman–Crippen LogP) is 2.75. The zero-order chi connectivity index (χ0) is 27.8. The molecule has 3 N–H and O–H groups in total. The topological polar surface area (TPSA) is 130 Å². The van der Waals surface area contributed by atoms with Gasteiger partial charge in [0.2, 0.25) is 17.2 Å². The normalized spacial score (nSPS) is 25.7. The Morgan fingerprint density at radius 2 is 1.13 bits per heavy atom. The molecule has 0 radical (unpaired) electrons. The molecule has 1 fully saturated rings. The second-order valence-electron chi connectivity index (χ2n) is 9.57. The van der Waals surface area contributed by atoms with Crippen molar-refractivity contribution >= 4 is 17.3 Å². The molecule has 38 heavy (non-hydrogen) atoms. The lowest BCUT2D eigenvalue weighted by molar-refractivity contribution is -0.180. The smallest absolute Gasteiger partial charge is 0.218 e. The number of methoxy groups -OCH3 is 1. The first-order valence-corrected chi connectivity index (χ1v) is 12.1. The molecule has 0 bridgehead atoms. The van der Waals surface area contributed by atoms with Crippen LogP contribution in [0.4, 0.5) is 0 Å². The largest absolute Gasteiger partial charge is 0.382 e.